The normalized spacial score (nSPS) is 21.5. The van der Waals surface area contributed by atoms with E-state index in [1.54, 1.807) is 11.3 Å². The number of nitrogens with zero attached hydrogens (tertiary/aromatic N) is 2. The Bertz CT molecular complexity index is 921. The molecule has 3 heterocycles. The van der Waals surface area contributed by atoms with E-state index in [1.165, 1.54) is 21.3 Å². The lowest BCUT2D eigenvalue weighted by atomic mass is 9.93. The van der Waals surface area contributed by atoms with E-state index >= 15 is 0 Å². The van der Waals surface area contributed by atoms with Gasteiger partial charge in [0.1, 0.15) is 0 Å². The van der Waals surface area contributed by atoms with Gasteiger partial charge in [-0.15, -0.1) is 11.3 Å². The van der Waals surface area contributed by atoms with Crippen LogP contribution in [0.5, 0.6) is 0 Å². The van der Waals surface area contributed by atoms with Gasteiger partial charge in [0.25, 0.3) is 0 Å². The highest BCUT2D eigenvalue weighted by molar-refractivity contribution is 7.10. The lowest BCUT2D eigenvalue weighted by molar-refractivity contribution is -0.143. The van der Waals surface area contributed by atoms with Gasteiger partial charge in [-0.05, 0) is 36.9 Å². The highest BCUT2D eigenvalue weighted by Gasteiger charge is 2.29. The molecule has 3 unspecified atom stereocenters. The molecule has 1 aromatic carbocycles. The third-order valence-corrected chi connectivity index (χ3v) is 6.33. The van der Waals surface area contributed by atoms with Gasteiger partial charge >= 0.3 is 0 Å². The number of hydrogen-bond donors (Lipinski definition) is 0. The maximum absolute atomic E-state index is 13.2. The molecular formula is C22H26N2O2S. The highest BCUT2D eigenvalue weighted by atomic mass is 32.1. The van der Waals surface area contributed by atoms with Crippen molar-refractivity contribution in [2.24, 2.45) is 7.05 Å². The van der Waals surface area contributed by atoms with Crippen LogP contribution in [-0.2, 0) is 16.6 Å². The van der Waals surface area contributed by atoms with Crippen molar-refractivity contribution in [2.45, 2.75) is 38.4 Å². The third-order valence-electron chi connectivity index (χ3n) is 5.34. The molecule has 0 radical (unpaired) electrons. The second kappa shape index (κ2) is 7.49. The van der Waals surface area contributed by atoms with Crippen LogP contribution < -0.4 is 0 Å². The molecule has 3 atom stereocenters. The molecule has 0 N–H and O–H groups in total. The largest absolute Gasteiger partial charge is 0.372 e. The molecule has 1 aliphatic rings. The molecule has 3 aromatic rings. The highest BCUT2D eigenvalue weighted by Crippen LogP contribution is 2.37. The van der Waals surface area contributed by atoms with Gasteiger partial charge in [-0.3, -0.25) is 4.79 Å². The Kier molecular flexibility index (Phi) is 5.06. The van der Waals surface area contributed by atoms with Crippen LogP contribution in [0.3, 0.4) is 0 Å². The minimum atomic E-state index is 0.0806. The first kappa shape index (κ1) is 18.3. The number of morpholine rings is 1. The molecule has 4 rings (SSSR count). The number of amides is 1. The maximum Gasteiger partial charge on any atom is 0.223 e. The van der Waals surface area contributed by atoms with Gasteiger partial charge in [-0.25, -0.2) is 0 Å². The Labute approximate surface area is 164 Å². The van der Waals surface area contributed by atoms with Gasteiger partial charge < -0.3 is 14.2 Å². The van der Waals surface area contributed by atoms with Crippen molar-refractivity contribution < 1.29 is 9.53 Å². The van der Waals surface area contributed by atoms with Gasteiger partial charge in [0.05, 0.1) is 12.2 Å². The third kappa shape index (κ3) is 3.66. The van der Waals surface area contributed by atoms with Crippen LogP contribution in [0.25, 0.3) is 10.9 Å². The number of carbonyl (C=O) groups excluding carboxylic acids is 1. The summed E-state index contributed by atoms with van der Waals surface area (Å²) in [5, 5.41) is 3.33. The predicted octanol–water partition coefficient (Wildman–Crippen LogP) is 4.40. The Morgan fingerprint density at radius 3 is 2.63 bits per heavy atom. The molecule has 0 bridgehead atoms. The minimum Gasteiger partial charge on any atom is -0.372 e. The summed E-state index contributed by atoms with van der Waals surface area (Å²) >= 11 is 1.73. The van der Waals surface area contributed by atoms with Crippen molar-refractivity contribution in [2.75, 3.05) is 13.1 Å². The van der Waals surface area contributed by atoms with Crippen LogP contribution in [0.4, 0.5) is 0 Å². The molecular weight excluding hydrogens is 356 g/mol. The zero-order valence-electron chi connectivity index (χ0n) is 16.1. The summed E-state index contributed by atoms with van der Waals surface area (Å²) in [5.41, 5.74) is 2.44. The average molecular weight is 383 g/mol. The second-order valence-electron chi connectivity index (χ2n) is 7.54. The Morgan fingerprint density at radius 1 is 1.19 bits per heavy atom. The molecule has 1 fully saturated rings. The molecule has 2 aromatic heterocycles. The van der Waals surface area contributed by atoms with Crippen molar-refractivity contribution >= 4 is 28.1 Å². The molecule has 1 amide bonds. The van der Waals surface area contributed by atoms with Crippen molar-refractivity contribution in [1.82, 2.24) is 9.47 Å². The Balaban J connectivity index is 1.67. The molecule has 142 valence electrons. The number of hydrogen-bond acceptors (Lipinski definition) is 3. The van der Waals surface area contributed by atoms with Crippen LogP contribution in [0.2, 0.25) is 0 Å². The first-order valence-electron chi connectivity index (χ1n) is 9.53. The fourth-order valence-electron chi connectivity index (χ4n) is 4.19. The number of para-hydroxylation sites is 1. The smallest absolute Gasteiger partial charge is 0.223 e. The molecule has 0 aliphatic carbocycles. The molecule has 1 aliphatic heterocycles. The summed E-state index contributed by atoms with van der Waals surface area (Å²) in [7, 11) is 2.07. The SMILES string of the molecule is CC1CN(C(=O)CC(c2cccs2)c2cn(C)c3ccccc23)CC(C)O1. The monoisotopic (exact) mass is 382 g/mol. The van der Waals surface area contributed by atoms with E-state index in [1.807, 2.05) is 18.7 Å². The fraction of sp³-hybridized carbons (Fsp3) is 0.409. The maximum atomic E-state index is 13.2. The summed E-state index contributed by atoms with van der Waals surface area (Å²) < 4.78 is 7.96. The van der Waals surface area contributed by atoms with Gasteiger partial charge in [0.2, 0.25) is 5.91 Å². The zero-order valence-corrected chi connectivity index (χ0v) is 16.9. The molecule has 1 saturated heterocycles. The van der Waals surface area contributed by atoms with Crippen molar-refractivity contribution in [3.63, 3.8) is 0 Å². The topological polar surface area (TPSA) is 34.5 Å². The summed E-state index contributed by atoms with van der Waals surface area (Å²) in [6, 6.07) is 12.7. The number of carbonyl (C=O) groups is 1. The lowest BCUT2D eigenvalue weighted by Crippen LogP contribution is -2.48. The Hall–Kier alpha value is -2.11. The quantitative estimate of drug-likeness (QED) is 0.670. The Morgan fingerprint density at radius 2 is 1.93 bits per heavy atom. The van der Waals surface area contributed by atoms with E-state index in [0.717, 1.165) is 0 Å². The number of aromatic nitrogens is 1. The van der Waals surface area contributed by atoms with Crippen molar-refractivity contribution in [3.05, 3.63) is 58.4 Å². The van der Waals surface area contributed by atoms with Crippen LogP contribution in [0.15, 0.2) is 48.0 Å². The molecule has 0 saturated carbocycles. The average Bonchev–Trinajstić information content (AvgIpc) is 3.28. The molecule has 27 heavy (non-hydrogen) atoms. The first-order valence-corrected chi connectivity index (χ1v) is 10.4. The van der Waals surface area contributed by atoms with Crippen LogP contribution in [-0.4, -0.2) is 40.7 Å². The summed E-state index contributed by atoms with van der Waals surface area (Å²) in [5.74, 6) is 0.292. The van der Waals surface area contributed by atoms with Crippen LogP contribution in [0, 0.1) is 0 Å². The van der Waals surface area contributed by atoms with E-state index in [2.05, 4.69) is 59.6 Å². The van der Waals surface area contributed by atoms with Crippen LogP contribution >= 0.6 is 11.3 Å². The van der Waals surface area contributed by atoms with Gasteiger partial charge in [-0.2, -0.15) is 0 Å². The fourth-order valence-corrected chi connectivity index (χ4v) is 5.04. The van der Waals surface area contributed by atoms with Gasteiger partial charge in [0, 0.05) is 54.5 Å². The summed E-state index contributed by atoms with van der Waals surface area (Å²) in [6.45, 7) is 5.43. The first-order chi connectivity index (χ1) is 13.0. The van der Waals surface area contributed by atoms with E-state index < -0.39 is 0 Å². The minimum absolute atomic E-state index is 0.0806. The predicted molar refractivity (Wildman–Crippen MR) is 110 cm³/mol. The van der Waals surface area contributed by atoms with E-state index in [-0.39, 0.29) is 24.0 Å². The zero-order chi connectivity index (χ0) is 19.0. The van der Waals surface area contributed by atoms with Crippen molar-refractivity contribution in [3.8, 4) is 0 Å². The number of fused-ring (bicyclic) bond motifs is 1. The van der Waals surface area contributed by atoms with E-state index in [9.17, 15) is 4.79 Å². The lowest BCUT2D eigenvalue weighted by Gasteiger charge is -2.36. The van der Waals surface area contributed by atoms with Crippen LogP contribution in [0.1, 0.15) is 36.6 Å². The number of thiophene rings is 1. The van der Waals surface area contributed by atoms with Gasteiger partial charge in [-0.1, -0.05) is 24.3 Å². The molecule has 5 heteroatoms. The van der Waals surface area contributed by atoms with Gasteiger partial charge in [0.15, 0.2) is 0 Å². The van der Waals surface area contributed by atoms with Crippen molar-refractivity contribution in [1.29, 1.82) is 0 Å². The summed E-state index contributed by atoms with van der Waals surface area (Å²) in [4.78, 5) is 16.4. The number of rotatable bonds is 4. The standard InChI is InChI=1S/C22H26N2O2S/c1-15-12-24(13-16(2)26-15)22(25)11-18(21-9-6-10-27-21)19-14-23(3)20-8-5-4-7-17(19)20/h4-10,14-16,18H,11-13H2,1-3H3. The number of benzene rings is 1. The number of aryl methyl sites for hydroxylation is 1. The van der Waals surface area contributed by atoms with E-state index in [0.29, 0.717) is 19.5 Å². The second-order valence-corrected chi connectivity index (χ2v) is 8.52. The molecule has 4 nitrogen and oxygen atoms in total. The number of ether oxygens (including phenoxy) is 1. The summed E-state index contributed by atoms with van der Waals surface area (Å²) in [6.07, 6.45) is 2.87. The molecule has 0 spiro atoms. The van der Waals surface area contributed by atoms with E-state index in [4.69, 9.17) is 4.74 Å².